The summed E-state index contributed by atoms with van der Waals surface area (Å²) in [4.78, 5) is 0. The number of nitrogens with zero attached hydrogens (tertiary/aromatic N) is 4. The highest BCUT2D eigenvalue weighted by Gasteiger charge is 2.05. The van der Waals surface area contributed by atoms with Crippen molar-refractivity contribution < 1.29 is 0 Å². The largest absolute Gasteiger partial charge is 0.307 e. The van der Waals surface area contributed by atoms with E-state index >= 15 is 0 Å². The third kappa shape index (κ3) is 5.17. The monoisotopic (exact) mass is 311 g/mol. The molecule has 118 valence electrons. The number of rotatable bonds is 7. The molecule has 2 aromatic rings. The molecule has 0 atom stereocenters. The van der Waals surface area contributed by atoms with Gasteiger partial charge < -0.3 is 5.32 Å². The summed E-state index contributed by atoms with van der Waals surface area (Å²) < 4.78 is 3.99. The van der Waals surface area contributed by atoms with Crippen molar-refractivity contribution in [1.29, 1.82) is 0 Å². The number of nitrogens with one attached hydrogen (secondary N) is 1. The van der Waals surface area contributed by atoms with E-state index in [4.69, 9.17) is 0 Å². The van der Waals surface area contributed by atoms with Crippen molar-refractivity contribution in [2.24, 2.45) is 5.92 Å². The maximum Gasteiger partial charge on any atom is 0.0762 e. The van der Waals surface area contributed by atoms with Crippen LogP contribution in [0.5, 0.6) is 0 Å². The Morgan fingerprint density at radius 3 is 2.57 bits per heavy atom. The van der Waals surface area contributed by atoms with Gasteiger partial charge in [-0.05, 0) is 25.8 Å². The molecular formula is C15H26ClN5. The van der Waals surface area contributed by atoms with Crippen molar-refractivity contribution in [1.82, 2.24) is 24.9 Å². The molecule has 2 aromatic heterocycles. The molecule has 0 fully saturated rings. The summed E-state index contributed by atoms with van der Waals surface area (Å²) in [5.41, 5.74) is 3.45. The quantitative estimate of drug-likeness (QED) is 0.855. The van der Waals surface area contributed by atoms with Crippen LogP contribution in [0.15, 0.2) is 18.5 Å². The van der Waals surface area contributed by atoms with E-state index in [9.17, 15) is 0 Å². The molecule has 1 N–H and O–H groups in total. The van der Waals surface area contributed by atoms with Crippen molar-refractivity contribution in [2.45, 2.75) is 53.9 Å². The van der Waals surface area contributed by atoms with Gasteiger partial charge in [-0.3, -0.25) is 9.36 Å². The molecular weight excluding hydrogens is 286 g/mol. The summed E-state index contributed by atoms with van der Waals surface area (Å²) in [6.45, 7) is 12.1. The molecule has 0 aliphatic carbocycles. The fraction of sp³-hybridized carbons (Fsp3) is 0.600. The number of hydrogen-bond donors (Lipinski definition) is 1. The van der Waals surface area contributed by atoms with E-state index in [0.717, 1.165) is 37.6 Å². The molecule has 0 radical (unpaired) electrons. The van der Waals surface area contributed by atoms with E-state index in [-0.39, 0.29) is 12.4 Å². The van der Waals surface area contributed by atoms with Gasteiger partial charge in [-0.25, -0.2) is 0 Å². The van der Waals surface area contributed by atoms with Gasteiger partial charge in [0.1, 0.15) is 0 Å². The van der Waals surface area contributed by atoms with Crippen LogP contribution < -0.4 is 5.32 Å². The van der Waals surface area contributed by atoms with Crippen molar-refractivity contribution in [3.63, 3.8) is 0 Å². The summed E-state index contributed by atoms with van der Waals surface area (Å²) in [5.74, 6) is 0.623. The minimum absolute atomic E-state index is 0. The highest BCUT2D eigenvalue weighted by molar-refractivity contribution is 5.85. The van der Waals surface area contributed by atoms with E-state index in [1.807, 2.05) is 9.36 Å². The zero-order valence-corrected chi connectivity index (χ0v) is 14.2. The topological polar surface area (TPSA) is 47.7 Å². The lowest BCUT2D eigenvalue weighted by Gasteiger charge is -2.04. The van der Waals surface area contributed by atoms with Gasteiger partial charge in [0.15, 0.2) is 0 Å². The summed E-state index contributed by atoms with van der Waals surface area (Å²) >= 11 is 0. The Balaban J connectivity index is 0.00000220. The molecule has 5 nitrogen and oxygen atoms in total. The van der Waals surface area contributed by atoms with Crippen LogP contribution >= 0.6 is 12.4 Å². The SMILES string of the molecule is CCn1cc(CNCc2ccn(CC(C)C)n2)c(C)n1.Cl. The predicted octanol–water partition coefficient (Wildman–Crippen LogP) is 2.78. The lowest BCUT2D eigenvalue weighted by atomic mass is 10.2. The van der Waals surface area contributed by atoms with E-state index in [1.165, 1.54) is 5.56 Å². The van der Waals surface area contributed by atoms with Crippen molar-refractivity contribution in [2.75, 3.05) is 0 Å². The maximum absolute atomic E-state index is 4.56. The maximum atomic E-state index is 4.56. The third-order valence-electron chi connectivity index (χ3n) is 3.24. The van der Waals surface area contributed by atoms with E-state index in [1.54, 1.807) is 0 Å². The lowest BCUT2D eigenvalue weighted by molar-refractivity contribution is 0.477. The third-order valence-corrected chi connectivity index (χ3v) is 3.24. The molecule has 0 spiro atoms. The molecule has 2 rings (SSSR count). The van der Waals surface area contributed by atoms with Gasteiger partial charge >= 0.3 is 0 Å². The van der Waals surface area contributed by atoms with Gasteiger partial charge in [-0.1, -0.05) is 13.8 Å². The van der Waals surface area contributed by atoms with Crippen molar-refractivity contribution >= 4 is 12.4 Å². The van der Waals surface area contributed by atoms with E-state index in [0.29, 0.717) is 5.92 Å². The van der Waals surface area contributed by atoms with Crippen LogP contribution in [0.2, 0.25) is 0 Å². The Morgan fingerprint density at radius 1 is 1.19 bits per heavy atom. The fourth-order valence-corrected chi connectivity index (χ4v) is 2.19. The van der Waals surface area contributed by atoms with Gasteiger partial charge in [0, 0.05) is 44.1 Å². The molecule has 6 heteroatoms. The Kier molecular flexibility index (Phi) is 6.92. The van der Waals surface area contributed by atoms with Gasteiger partial charge in [0.2, 0.25) is 0 Å². The minimum atomic E-state index is 0. The molecule has 0 bridgehead atoms. The molecule has 0 aromatic carbocycles. The molecule has 0 aliphatic heterocycles. The lowest BCUT2D eigenvalue weighted by Crippen LogP contribution is -2.14. The highest BCUT2D eigenvalue weighted by atomic mass is 35.5. The first-order valence-electron chi connectivity index (χ1n) is 7.34. The van der Waals surface area contributed by atoms with Crippen LogP contribution in [0.3, 0.4) is 0 Å². The summed E-state index contributed by atoms with van der Waals surface area (Å²) in [6.07, 6.45) is 4.16. The molecule has 0 saturated heterocycles. The van der Waals surface area contributed by atoms with Crippen molar-refractivity contribution in [3.8, 4) is 0 Å². The second-order valence-electron chi connectivity index (χ2n) is 5.62. The Morgan fingerprint density at radius 2 is 1.95 bits per heavy atom. The summed E-state index contributed by atoms with van der Waals surface area (Å²) in [6, 6.07) is 2.08. The van der Waals surface area contributed by atoms with Gasteiger partial charge in [-0.2, -0.15) is 10.2 Å². The number of hydrogen-bond acceptors (Lipinski definition) is 3. The number of halogens is 1. The average Bonchev–Trinajstić information content (AvgIpc) is 2.96. The first-order chi connectivity index (χ1) is 9.58. The molecule has 0 amide bonds. The van der Waals surface area contributed by atoms with Gasteiger partial charge in [-0.15, -0.1) is 12.4 Å². The zero-order valence-electron chi connectivity index (χ0n) is 13.3. The molecule has 21 heavy (non-hydrogen) atoms. The second-order valence-corrected chi connectivity index (χ2v) is 5.62. The molecule has 0 saturated carbocycles. The second kappa shape index (κ2) is 8.20. The standard InChI is InChI=1S/C15H25N5.ClH/c1-5-19-11-14(13(4)17-19)8-16-9-15-6-7-20(18-15)10-12(2)3;/h6-7,11-12,16H,5,8-10H2,1-4H3;1H. The van der Waals surface area contributed by atoms with Gasteiger partial charge in [0.05, 0.1) is 11.4 Å². The van der Waals surface area contributed by atoms with Crippen LogP contribution in [-0.4, -0.2) is 19.6 Å². The summed E-state index contributed by atoms with van der Waals surface area (Å²) in [5, 5.41) is 12.4. The molecule has 0 unspecified atom stereocenters. The molecule has 0 aliphatic rings. The minimum Gasteiger partial charge on any atom is -0.307 e. The normalized spacial score (nSPS) is 10.9. The smallest absolute Gasteiger partial charge is 0.0762 e. The Hall–Kier alpha value is -1.33. The number of aryl methyl sites for hydroxylation is 2. The van der Waals surface area contributed by atoms with Crippen LogP contribution in [0.25, 0.3) is 0 Å². The Bertz CT molecular complexity index is 544. The highest BCUT2D eigenvalue weighted by Crippen LogP contribution is 2.06. The van der Waals surface area contributed by atoms with E-state index < -0.39 is 0 Å². The van der Waals surface area contributed by atoms with Crippen LogP contribution in [0.4, 0.5) is 0 Å². The fourth-order valence-electron chi connectivity index (χ4n) is 2.19. The van der Waals surface area contributed by atoms with E-state index in [2.05, 4.69) is 61.7 Å². The van der Waals surface area contributed by atoms with Gasteiger partial charge in [0.25, 0.3) is 0 Å². The first kappa shape index (κ1) is 17.7. The predicted molar refractivity (Wildman–Crippen MR) is 87.5 cm³/mol. The Labute approximate surface area is 133 Å². The summed E-state index contributed by atoms with van der Waals surface area (Å²) in [7, 11) is 0. The molecule has 2 heterocycles. The van der Waals surface area contributed by atoms with Crippen LogP contribution in [0, 0.1) is 12.8 Å². The van der Waals surface area contributed by atoms with Crippen LogP contribution in [0.1, 0.15) is 37.7 Å². The average molecular weight is 312 g/mol. The van der Waals surface area contributed by atoms with Crippen LogP contribution in [-0.2, 0) is 26.2 Å². The van der Waals surface area contributed by atoms with Crippen molar-refractivity contribution in [3.05, 3.63) is 35.4 Å². The zero-order chi connectivity index (χ0) is 14.5. The number of aromatic nitrogens is 4. The first-order valence-corrected chi connectivity index (χ1v) is 7.34.